The van der Waals surface area contributed by atoms with Gasteiger partial charge in [0.25, 0.3) is 0 Å². The summed E-state index contributed by atoms with van der Waals surface area (Å²) < 4.78 is 0. The van der Waals surface area contributed by atoms with E-state index in [1.54, 1.807) is 6.33 Å². The number of hydrogen-bond donors (Lipinski definition) is 1. The van der Waals surface area contributed by atoms with Crippen molar-refractivity contribution in [3.8, 4) is 0 Å². The number of rotatable bonds is 4. The van der Waals surface area contributed by atoms with Gasteiger partial charge in [-0.05, 0) is 31.5 Å². The number of nitrogens with zero attached hydrogens (tertiary/aromatic N) is 4. The Balaban J connectivity index is 1.69. The molecule has 0 radical (unpaired) electrons. The Morgan fingerprint density at radius 2 is 2.24 bits per heavy atom. The van der Waals surface area contributed by atoms with Gasteiger partial charge in [-0.25, -0.2) is 15.0 Å². The van der Waals surface area contributed by atoms with Crippen LogP contribution < -0.4 is 5.32 Å². The monoisotopic (exact) mass is 283 g/mol. The third-order valence-electron chi connectivity index (χ3n) is 4.05. The fraction of sp³-hybridized carbons (Fsp3) is 0.438. The van der Waals surface area contributed by atoms with E-state index in [0.717, 1.165) is 31.1 Å². The summed E-state index contributed by atoms with van der Waals surface area (Å²) in [6.07, 6.45) is 7.73. The summed E-state index contributed by atoms with van der Waals surface area (Å²) in [4.78, 5) is 15.3. The highest BCUT2D eigenvalue weighted by atomic mass is 15.1. The van der Waals surface area contributed by atoms with Gasteiger partial charge in [-0.2, -0.15) is 0 Å². The lowest BCUT2D eigenvalue weighted by molar-refractivity contribution is 0.198. The normalized spacial score (nSPS) is 19.4. The van der Waals surface area contributed by atoms with Crippen LogP contribution >= 0.6 is 0 Å². The van der Waals surface area contributed by atoms with Crippen LogP contribution in [-0.4, -0.2) is 40.0 Å². The van der Waals surface area contributed by atoms with E-state index in [1.807, 2.05) is 31.6 Å². The zero-order valence-corrected chi connectivity index (χ0v) is 12.4. The standard InChI is InChI=1S/C16H21N5/c1-17-16-14(4-2-7-19-16)11-21-9-3-5-13(10-21)15-6-8-18-12-20-15/h2,4,6-8,12-13H,3,5,9-11H2,1H3,(H,17,19)/t13-/m1/s1. The van der Waals surface area contributed by atoms with Crippen LogP contribution in [0.1, 0.15) is 30.0 Å². The van der Waals surface area contributed by atoms with Crippen LogP contribution in [0, 0.1) is 0 Å². The molecule has 0 unspecified atom stereocenters. The number of pyridine rings is 1. The molecule has 1 fully saturated rings. The Morgan fingerprint density at radius 1 is 1.29 bits per heavy atom. The molecule has 5 heteroatoms. The summed E-state index contributed by atoms with van der Waals surface area (Å²) >= 11 is 0. The number of likely N-dealkylation sites (tertiary alicyclic amines) is 1. The summed E-state index contributed by atoms with van der Waals surface area (Å²) in [5, 5.41) is 3.17. The Hall–Kier alpha value is -2.01. The van der Waals surface area contributed by atoms with Gasteiger partial charge in [0.15, 0.2) is 0 Å². The average molecular weight is 283 g/mol. The first-order valence-electron chi connectivity index (χ1n) is 7.46. The van der Waals surface area contributed by atoms with Gasteiger partial charge in [-0.15, -0.1) is 0 Å². The SMILES string of the molecule is CNc1ncccc1CN1CCC[C@@H](c2ccncn2)C1. The Kier molecular flexibility index (Phi) is 4.40. The van der Waals surface area contributed by atoms with E-state index in [0.29, 0.717) is 5.92 Å². The highest BCUT2D eigenvalue weighted by molar-refractivity contribution is 5.42. The molecule has 2 aromatic rings. The molecule has 1 N–H and O–H groups in total. The molecule has 0 aliphatic carbocycles. The summed E-state index contributed by atoms with van der Waals surface area (Å²) in [5.41, 5.74) is 2.41. The van der Waals surface area contributed by atoms with Gasteiger partial charge >= 0.3 is 0 Å². The van der Waals surface area contributed by atoms with Gasteiger partial charge < -0.3 is 5.32 Å². The molecule has 2 aromatic heterocycles. The van der Waals surface area contributed by atoms with Crippen LogP contribution in [0.5, 0.6) is 0 Å². The van der Waals surface area contributed by atoms with Crippen LogP contribution in [0.25, 0.3) is 0 Å². The van der Waals surface area contributed by atoms with Crippen molar-refractivity contribution >= 4 is 5.82 Å². The largest absolute Gasteiger partial charge is 0.373 e. The highest BCUT2D eigenvalue weighted by Crippen LogP contribution is 2.26. The molecule has 0 bridgehead atoms. The second-order valence-corrected chi connectivity index (χ2v) is 5.47. The van der Waals surface area contributed by atoms with E-state index in [4.69, 9.17) is 0 Å². The van der Waals surface area contributed by atoms with Crippen LogP contribution in [0.2, 0.25) is 0 Å². The predicted molar refractivity (Wildman–Crippen MR) is 83.1 cm³/mol. The van der Waals surface area contributed by atoms with Crippen LogP contribution in [-0.2, 0) is 6.54 Å². The number of anilines is 1. The van der Waals surface area contributed by atoms with Crippen molar-refractivity contribution < 1.29 is 0 Å². The molecule has 3 heterocycles. The summed E-state index contributed by atoms with van der Waals surface area (Å²) in [6, 6.07) is 6.19. The smallest absolute Gasteiger partial charge is 0.130 e. The lowest BCUT2D eigenvalue weighted by Gasteiger charge is -2.32. The molecule has 0 aromatic carbocycles. The zero-order valence-electron chi connectivity index (χ0n) is 12.4. The average Bonchev–Trinajstić information content (AvgIpc) is 2.56. The van der Waals surface area contributed by atoms with Crippen LogP contribution in [0.3, 0.4) is 0 Å². The van der Waals surface area contributed by atoms with Gasteiger partial charge in [0.2, 0.25) is 0 Å². The van der Waals surface area contributed by atoms with Crippen molar-refractivity contribution in [2.24, 2.45) is 0 Å². The van der Waals surface area contributed by atoms with E-state index in [-0.39, 0.29) is 0 Å². The minimum atomic E-state index is 0.511. The maximum absolute atomic E-state index is 4.42. The molecule has 1 aliphatic heterocycles. The first-order valence-corrected chi connectivity index (χ1v) is 7.46. The molecular formula is C16H21N5. The lowest BCUT2D eigenvalue weighted by Crippen LogP contribution is -2.34. The van der Waals surface area contributed by atoms with Crippen molar-refractivity contribution in [3.05, 3.63) is 48.2 Å². The second kappa shape index (κ2) is 6.63. The van der Waals surface area contributed by atoms with Gasteiger partial charge in [-0.3, -0.25) is 4.90 Å². The summed E-state index contributed by atoms with van der Waals surface area (Å²) in [6.45, 7) is 3.13. The molecule has 0 spiro atoms. The van der Waals surface area contributed by atoms with Crippen molar-refractivity contribution in [2.45, 2.75) is 25.3 Å². The predicted octanol–water partition coefficient (Wildman–Crippen LogP) is 2.29. The van der Waals surface area contributed by atoms with E-state index in [2.05, 4.69) is 31.2 Å². The zero-order chi connectivity index (χ0) is 14.5. The topological polar surface area (TPSA) is 53.9 Å². The molecule has 1 atom stereocenters. The van der Waals surface area contributed by atoms with Crippen LogP contribution in [0.15, 0.2) is 36.9 Å². The molecule has 0 amide bonds. The third-order valence-corrected chi connectivity index (χ3v) is 4.05. The Morgan fingerprint density at radius 3 is 3.05 bits per heavy atom. The van der Waals surface area contributed by atoms with Gasteiger partial charge in [-0.1, -0.05) is 6.07 Å². The third kappa shape index (κ3) is 3.36. The molecular weight excluding hydrogens is 262 g/mol. The molecule has 1 saturated heterocycles. The van der Waals surface area contributed by atoms with Gasteiger partial charge in [0.05, 0.1) is 0 Å². The van der Waals surface area contributed by atoms with Crippen molar-refractivity contribution in [1.29, 1.82) is 0 Å². The maximum atomic E-state index is 4.42. The molecule has 0 saturated carbocycles. The second-order valence-electron chi connectivity index (χ2n) is 5.47. The minimum Gasteiger partial charge on any atom is -0.373 e. The molecule has 3 rings (SSSR count). The summed E-state index contributed by atoms with van der Waals surface area (Å²) in [7, 11) is 1.92. The highest BCUT2D eigenvalue weighted by Gasteiger charge is 2.22. The first kappa shape index (κ1) is 13.9. The fourth-order valence-electron chi connectivity index (χ4n) is 3.02. The maximum Gasteiger partial charge on any atom is 0.130 e. The van der Waals surface area contributed by atoms with Crippen LogP contribution in [0.4, 0.5) is 5.82 Å². The minimum absolute atomic E-state index is 0.511. The van der Waals surface area contributed by atoms with Gasteiger partial charge in [0.1, 0.15) is 12.1 Å². The molecule has 1 aliphatic rings. The quantitative estimate of drug-likeness (QED) is 0.933. The number of hydrogen-bond acceptors (Lipinski definition) is 5. The number of aromatic nitrogens is 3. The molecule has 5 nitrogen and oxygen atoms in total. The Labute approximate surface area is 125 Å². The van der Waals surface area contributed by atoms with Crippen molar-refractivity contribution in [3.63, 3.8) is 0 Å². The van der Waals surface area contributed by atoms with Crippen molar-refractivity contribution in [1.82, 2.24) is 19.9 Å². The van der Waals surface area contributed by atoms with Crippen molar-refractivity contribution in [2.75, 3.05) is 25.5 Å². The van der Waals surface area contributed by atoms with E-state index >= 15 is 0 Å². The van der Waals surface area contributed by atoms with E-state index in [9.17, 15) is 0 Å². The van der Waals surface area contributed by atoms with E-state index in [1.165, 1.54) is 18.4 Å². The first-order chi connectivity index (χ1) is 10.4. The molecule has 110 valence electrons. The summed E-state index contributed by atoms with van der Waals surface area (Å²) in [5.74, 6) is 1.48. The number of piperidine rings is 1. The fourth-order valence-corrected chi connectivity index (χ4v) is 3.02. The number of nitrogens with one attached hydrogen (secondary N) is 1. The van der Waals surface area contributed by atoms with Gasteiger partial charge in [0, 0.05) is 49.7 Å². The lowest BCUT2D eigenvalue weighted by atomic mass is 9.94. The van der Waals surface area contributed by atoms with E-state index < -0.39 is 0 Å². The Bertz CT molecular complexity index is 572. The molecule has 21 heavy (non-hydrogen) atoms.